The second-order valence-electron chi connectivity index (χ2n) is 8.28. The van der Waals surface area contributed by atoms with Gasteiger partial charge in [0.05, 0.1) is 17.3 Å². The Hall–Kier alpha value is -2.87. The second kappa shape index (κ2) is 12.2. The molecule has 1 heterocycles. The molecule has 0 spiro atoms. The number of amides is 2. The van der Waals surface area contributed by atoms with Gasteiger partial charge in [-0.05, 0) is 57.2 Å². The van der Waals surface area contributed by atoms with Gasteiger partial charge in [-0.1, -0.05) is 18.2 Å². The summed E-state index contributed by atoms with van der Waals surface area (Å²) >= 11 is 1.40. The van der Waals surface area contributed by atoms with Crippen molar-refractivity contribution in [3.05, 3.63) is 59.4 Å². The first kappa shape index (κ1) is 25.4. The minimum Gasteiger partial charge on any atom is -0.493 e. The van der Waals surface area contributed by atoms with Gasteiger partial charge in [-0.25, -0.2) is 0 Å². The van der Waals surface area contributed by atoms with Gasteiger partial charge in [-0.2, -0.15) is 11.8 Å². The molecule has 8 heteroatoms. The van der Waals surface area contributed by atoms with E-state index in [9.17, 15) is 14.4 Å². The van der Waals surface area contributed by atoms with Gasteiger partial charge in [0.2, 0.25) is 12.3 Å². The van der Waals surface area contributed by atoms with Crippen molar-refractivity contribution in [2.75, 3.05) is 12.9 Å². The number of rotatable bonds is 11. The first-order valence-electron chi connectivity index (χ1n) is 10.3. The summed E-state index contributed by atoms with van der Waals surface area (Å²) in [7, 11) is 0. The molecule has 7 nitrogen and oxygen atoms in total. The Morgan fingerprint density at radius 3 is 2.38 bits per heavy atom. The van der Waals surface area contributed by atoms with Gasteiger partial charge in [0.25, 0.3) is 0 Å². The Kier molecular flexibility index (Phi) is 9.71. The van der Waals surface area contributed by atoms with Crippen molar-refractivity contribution in [1.82, 2.24) is 10.3 Å². The maximum atomic E-state index is 11.8. The maximum absolute atomic E-state index is 11.8. The molecule has 32 heavy (non-hydrogen) atoms. The molecule has 1 unspecified atom stereocenters. The number of carbonyl (C=O) groups excluding carboxylic acids is 3. The number of hydrogen-bond acceptors (Lipinski definition) is 7. The van der Waals surface area contributed by atoms with Crippen LogP contribution in [0.25, 0.3) is 0 Å². The fourth-order valence-corrected chi connectivity index (χ4v) is 3.34. The molecule has 0 aliphatic heterocycles. The highest BCUT2D eigenvalue weighted by Gasteiger charge is 2.23. The van der Waals surface area contributed by atoms with E-state index in [1.54, 1.807) is 6.20 Å². The van der Waals surface area contributed by atoms with Crippen LogP contribution in [-0.2, 0) is 38.6 Å². The molecule has 0 saturated heterocycles. The van der Waals surface area contributed by atoms with Crippen LogP contribution in [0.1, 0.15) is 37.6 Å². The summed E-state index contributed by atoms with van der Waals surface area (Å²) in [6, 6.07) is 11.4. The molecule has 0 bridgehead atoms. The van der Waals surface area contributed by atoms with Crippen molar-refractivity contribution in [2.45, 2.75) is 45.5 Å². The number of ether oxygens (including phenoxy) is 2. The third kappa shape index (κ3) is 8.34. The number of imide groups is 1. The monoisotopic (exact) mass is 458 g/mol. The Morgan fingerprint density at radius 2 is 1.81 bits per heavy atom. The fourth-order valence-electron chi connectivity index (χ4n) is 2.70. The molecule has 0 fully saturated rings. The van der Waals surface area contributed by atoms with Crippen LogP contribution in [0, 0.1) is 5.41 Å². The molecule has 2 rings (SSSR count). The quantitative estimate of drug-likeness (QED) is 0.408. The van der Waals surface area contributed by atoms with Crippen molar-refractivity contribution in [1.29, 1.82) is 0 Å². The Balaban J connectivity index is 1.78. The molecule has 0 saturated carbocycles. The van der Waals surface area contributed by atoms with Gasteiger partial charge < -0.3 is 9.47 Å². The Morgan fingerprint density at radius 1 is 1.12 bits per heavy atom. The van der Waals surface area contributed by atoms with Crippen LogP contribution in [0.5, 0.6) is 5.75 Å². The summed E-state index contributed by atoms with van der Waals surface area (Å²) in [4.78, 5) is 38.5. The number of pyridine rings is 1. The van der Waals surface area contributed by atoms with Crippen molar-refractivity contribution in [3.63, 3.8) is 0 Å². The van der Waals surface area contributed by atoms with E-state index in [4.69, 9.17) is 9.47 Å². The van der Waals surface area contributed by atoms with Crippen LogP contribution in [0.4, 0.5) is 0 Å². The highest BCUT2D eigenvalue weighted by Crippen LogP contribution is 2.18. The summed E-state index contributed by atoms with van der Waals surface area (Å²) < 4.78 is 11.1. The first-order valence-corrected chi connectivity index (χ1v) is 11.6. The van der Waals surface area contributed by atoms with Gasteiger partial charge in [0, 0.05) is 23.9 Å². The fraction of sp³-hybridized carbons (Fsp3) is 0.417. The summed E-state index contributed by atoms with van der Waals surface area (Å²) in [6.45, 7) is 6.14. The SMILES string of the molecule is CSC(Cc1ccc(OCCc2ccc(COC(=O)C(C)(C)C)cn2)cc1)C(=O)NC=O. The van der Waals surface area contributed by atoms with Crippen molar-refractivity contribution in [2.24, 2.45) is 5.41 Å². The Bertz CT molecular complexity index is 892. The topological polar surface area (TPSA) is 94.6 Å². The number of hydrogen-bond donors (Lipinski definition) is 1. The molecule has 1 N–H and O–H groups in total. The number of nitrogens with one attached hydrogen (secondary N) is 1. The molecule has 172 valence electrons. The number of nitrogens with zero attached hydrogens (tertiary/aromatic N) is 1. The van der Waals surface area contributed by atoms with Crippen molar-refractivity contribution in [3.8, 4) is 5.75 Å². The lowest BCUT2D eigenvalue weighted by atomic mass is 9.97. The molecule has 2 aromatic rings. The van der Waals surface area contributed by atoms with E-state index in [-0.39, 0.29) is 23.7 Å². The van der Waals surface area contributed by atoms with Gasteiger partial charge in [0.15, 0.2) is 0 Å². The number of carbonyl (C=O) groups is 3. The van der Waals surface area contributed by atoms with Crippen LogP contribution in [0.15, 0.2) is 42.6 Å². The smallest absolute Gasteiger partial charge is 0.311 e. The lowest BCUT2D eigenvalue weighted by Gasteiger charge is -2.16. The number of esters is 1. The van der Waals surface area contributed by atoms with E-state index in [1.807, 2.05) is 63.4 Å². The van der Waals surface area contributed by atoms with Crippen LogP contribution in [0.2, 0.25) is 0 Å². The highest BCUT2D eigenvalue weighted by atomic mass is 32.2. The average molecular weight is 459 g/mol. The molecular weight excluding hydrogens is 428 g/mol. The highest BCUT2D eigenvalue weighted by molar-refractivity contribution is 7.99. The average Bonchev–Trinajstić information content (AvgIpc) is 2.77. The zero-order valence-corrected chi connectivity index (χ0v) is 19.7. The van der Waals surface area contributed by atoms with E-state index >= 15 is 0 Å². The molecular formula is C24H30N2O5S. The normalized spacial score (nSPS) is 12.0. The van der Waals surface area contributed by atoms with Crippen molar-refractivity contribution >= 4 is 30.0 Å². The van der Waals surface area contributed by atoms with Crippen molar-refractivity contribution < 1.29 is 23.9 Å². The molecule has 2 amide bonds. The van der Waals surface area contributed by atoms with Gasteiger partial charge >= 0.3 is 5.97 Å². The molecule has 1 atom stereocenters. The third-order valence-corrected chi connectivity index (χ3v) is 5.57. The van der Waals surface area contributed by atoms with E-state index in [2.05, 4.69) is 10.3 Å². The van der Waals surface area contributed by atoms with Gasteiger partial charge in [0.1, 0.15) is 12.4 Å². The number of benzene rings is 1. The molecule has 0 aliphatic carbocycles. The molecule has 1 aromatic carbocycles. The minimum absolute atomic E-state index is 0.209. The zero-order valence-electron chi connectivity index (χ0n) is 18.9. The largest absolute Gasteiger partial charge is 0.493 e. The standard InChI is InChI=1S/C24H30N2O5S/c1-24(2,3)23(29)31-15-18-5-8-19(25-14-18)11-12-30-20-9-6-17(7-10-20)13-21(32-4)22(28)26-16-27/h5-10,14,16,21H,11-13,15H2,1-4H3,(H,26,27,28). The lowest BCUT2D eigenvalue weighted by molar-refractivity contribution is -0.154. The van der Waals surface area contributed by atoms with Crippen LogP contribution < -0.4 is 10.1 Å². The summed E-state index contributed by atoms with van der Waals surface area (Å²) in [5.74, 6) is 0.199. The van der Waals surface area contributed by atoms with Gasteiger partial charge in [-0.15, -0.1) is 0 Å². The van der Waals surface area contributed by atoms with Crippen LogP contribution in [0.3, 0.4) is 0 Å². The third-order valence-electron chi connectivity index (χ3n) is 4.62. The predicted octanol–water partition coefficient (Wildman–Crippen LogP) is 3.34. The summed E-state index contributed by atoms with van der Waals surface area (Å²) in [5, 5.41) is 1.88. The summed E-state index contributed by atoms with van der Waals surface area (Å²) in [6.07, 6.45) is 5.13. The predicted molar refractivity (Wildman–Crippen MR) is 124 cm³/mol. The van der Waals surface area contributed by atoms with E-state index in [0.717, 1.165) is 22.6 Å². The molecule has 0 radical (unpaired) electrons. The first-order chi connectivity index (χ1) is 15.2. The summed E-state index contributed by atoms with van der Waals surface area (Å²) in [5.41, 5.74) is 2.19. The zero-order chi connectivity index (χ0) is 23.6. The second-order valence-corrected chi connectivity index (χ2v) is 9.32. The van der Waals surface area contributed by atoms with Crippen LogP contribution >= 0.6 is 11.8 Å². The molecule has 0 aliphatic rings. The van der Waals surface area contributed by atoms with E-state index in [0.29, 0.717) is 25.9 Å². The van der Waals surface area contributed by atoms with E-state index < -0.39 is 5.41 Å². The number of aromatic nitrogens is 1. The molecule has 1 aromatic heterocycles. The lowest BCUT2D eigenvalue weighted by Crippen LogP contribution is -2.32. The number of thioether (sulfide) groups is 1. The van der Waals surface area contributed by atoms with E-state index in [1.165, 1.54) is 11.8 Å². The maximum Gasteiger partial charge on any atom is 0.311 e. The van der Waals surface area contributed by atoms with Gasteiger partial charge in [-0.3, -0.25) is 24.7 Å². The minimum atomic E-state index is -0.523. The Labute approximate surface area is 193 Å². The van der Waals surface area contributed by atoms with Crippen LogP contribution in [-0.4, -0.2) is 41.4 Å².